The van der Waals surface area contributed by atoms with Gasteiger partial charge in [-0.05, 0) is 46.6 Å². The minimum atomic E-state index is -0.412. The van der Waals surface area contributed by atoms with Crippen LogP contribution in [0.4, 0.5) is 0 Å². The van der Waals surface area contributed by atoms with Gasteiger partial charge in [0.2, 0.25) is 5.91 Å². The summed E-state index contributed by atoms with van der Waals surface area (Å²) in [7, 11) is 0. The molecule has 4 nitrogen and oxygen atoms in total. The Balaban J connectivity index is 2.27. The molecule has 1 atom stereocenters. The number of primary amides is 1. The van der Waals surface area contributed by atoms with Crippen LogP contribution in [-0.4, -0.2) is 37.0 Å². The van der Waals surface area contributed by atoms with Crippen LogP contribution in [0.25, 0.3) is 0 Å². The summed E-state index contributed by atoms with van der Waals surface area (Å²) in [6.45, 7) is 3.51. The Morgan fingerprint density at radius 3 is 2.89 bits per heavy atom. The van der Waals surface area contributed by atoms with Gasteiger partial charge in [-0.1, -0.05) is 17.7 Å². The van der Waals surface area contributed by atoms with Crippen LogP contribution in [-0.2, 0) is 4.79 Å². The van der Waals surface area contributed by atoms with Gasteiger partial charge in [-0.25, -0.2) is 0 Å². The van der Waals surface area contributed by atoms with Crippen LogP contribution in [0, 0.1) is 0 Å². The minimum absolute atomic E-state index is 0.333. The monoisotopic (exact) mass is 345 g/mol. The van der Waals surface area contributed by atoms with Crippen molar-refractivity contribution in [2.45, 2.75) is 12.5 Å². The third kappa shape index (κ3) is 3.69. The molecule has 2 rings (SSSR count). The van der Waals surface area contributed by atoms with Crippen LogP contribution in [0.5, 0.6) is 0 Å². The van der Waals surface area contributed by atoms with Gasteiger partial charge in [0, 0.05) is 24.1 Å². The molecule has 19 heavy (non-hydrogen) atoms. The Morgan fingerprint density at radius 1 is 1.42 bits per heavy atom. The Morgan fingerprint density at radius 2 is 2.21 bits per heavy atom. The van der Waals surface area contributed by atoms with Crippen molar-refractivity contribution in [2.24, 2.45) is 5.73 Å². The lowest BCUT2D eigenvalue weighted by Crippen LogP contribution is -2.39. The molecule has 0 saturated carbocycles. The summed E-state index contributed by atoms with van der Waals surface area (Å²) >= 11 is 9.46. The number of hydrogen-bond acceptors (Lipinski definition) is 3. The number of amides is 1. The molecule has 1 aromatic rings. The molecule has 1 heterocycles. The van der Waals surface area contributed by atoms with Crippen molar-refractivity contribution in [3.05, 3.63) is 33.3 Å². The molecule has 1 aliphatic heterocycles. The third-order valence-corrected chi connectivity index (χ3v) is 4.50. The second-order valence-corrected chi connectivity index (χ2v) is 5.88. The smallest absolute Gasteiger partial charge is 0.239 e. The minimum Gasteiger partial charge on any atom is -0.368 e. The van der Waals surface area contributed by atoms with Gasteiger partial charge in [0.15, 0.2) is 0 Å². The average Bonchev–Trinajstić information content (AvgIpc) is 2.62. The van der Waals surface area contributed by atoms with Crippen LogP contribution >= 0.6 is 27.5 Å². The second kappa shape index (κ2) is 6.70. The fraction of sp³-hybridized carbons (Fsp3) is 0.462. The normalized spacial score (nSPS) is 18.8. The number of nitrogens with two attached hydrogens (primary N) is 1. The van der Waals surface area contributed by atoms with E-state index >= 15 is 0 Å². The van der Waals surface area contributed by atoms with E-state index in [4.69, 9.17) is 17.3 Å². The van der Waals surface area contributed by atoms with Crippen LogP contribution in [0.3, 0.4) is 0 Å². The Kier molecular flexibility index (Phi) is 5.21. The molecule has 1 unspecified atom stereocenters. The second-order valence-electron chi connectivity index (χ2n) is 4.62. The predicted molar refractivity (Wildman–Crippen MR) is 80.1 cm³/mol. The molecule has 6 heteroatoms. The van der Waals surface area contributed by atoms with Crippen LogP contribution < -0.4 is 11.1 Å². The number of nitrogens with zero attached hydrogens (tertiary/aromatic N) is 1. The molecular formula is C13H17BrClN3O. The maximum Gasteiger partial charge on any atom is 0.239 e. The largest absolute Gasteiger partial charge is 0.368 e. The molecule has 0 bridgehead atoms. The van der Waals surface area contributed by atoms with Crippen molar-refractivity contribution >= 4 is 33.4 Å². The average molecular weight is 347 g/mol. The summed E-state index contributed by atoms with van der Waals surface area (Å²) in [6.07, 6.45) is 1.01. The van der Waals surface area contributed by atoms with E-state index in [1.165, 1.54) is 0 Å². The van der Waals surface area contributed by atoms with Crippen molar-refractivity contribution in [3.8, 4) is 0 Å². The Hall–Kier alpha value is -0.620. The number of benzene rings is 1. The van der Waals surface area contributed by atoms with Gasteiger partial charge in [0.25, 0.3) is 0 Å². The lowest BCUT2D eigenvalue weighted by atomic mass is 10.0. The summed E-state index contributed by atoms with van der Waals surface area (Å²) in [5, 5.41) is 3.91. The predicted octanol–water partition coefficient (Wildman–Crippen LogP) is 1.92. The molecule has 1 saturated heterocycles. The first-order valence-electron chi connectivity index (χ1n) is 6.28. The van der Waals surface area contributed by atoms with E-state index in [-0.39, 0.29) is 5.91 Å². The molecule has 1 aliphatic rings. The first-order chi connectivity index (χ1) is 9.09. The standard InChI is InChI=1S/C13H17BrClN3O/c14-10-3-2-9(8-11(10)15)12(13(16)19)18-6-1-4-17-5-7-18/h2-3,8,12,17H,1,4-7H2,(H2,16,19). The van der Waals surface area contributed by atoms with Gasteiger partial charge >= 0.3 is 0 Å². The molecule has 1 fully saturated rings. The molecule has 1 aromatic carbocycles. The fourth-order valence-corrected chi connectivity index (χ4v) is 2.80. The van der Waals surface area contributed by atoms with Crippen LogP contribution in [0.15, 0.2) is 22.7 Å². The van der Waals surface area contributed by atoms with E-state index in [0.29, 0.717) is 5.02 Å². The van der Waals surface area contributed by atoms with E-state index in [1.54, 1.807) is 6.07 Å². The highest BCUT2D eigenvalue weighted by Crippen LogP contribution is 2.28. The van der Waals surface area contributed by atoms with Gasteiger partial charge < -0.3 is 11.1 Å². The maximum atomic E-state index is 11.8. The Bertz CT molecular complexity index is 461. The van der Waals surface area contributed by atoms with Gasteiger partial charge in [0.1, 0.15) is 6.04 Å². The number of nitrogens with one attached hydrogen (secondary N) is 1. The van der Waals surface area contributed by atoms with Gasteiger partial charge in [-0.2, -0.15) is 0 Å². The quantitative estimate of drug-likeness (QED) is 0.879. The number of carbonyl (C=O) groups is 1. The molecule has 1 amide bonds. The first-order valence-corrected chi connectivity index (χ1v) is 7.45. The third-order valence-electron chi connectivity index (χ3n) is 3.27. The topological polar surface area (TPSA) is 58.4 Å². The first kappa shape index (κ1) is 14.8. The zero-order chi connectivity index (χ0) is 13.8. The summed E-state index contributed by atoms with van der Waals surface area (Å²) in [5.41, 5.74) is 6.43. The number of carbonyl (C=O) groups excluding carboxylic acids is 1. The summed E-state index contributed by atoms with van der Waals surface area (Å²) in [6, 6.07) is 5.14. The van der Waals surface area contributed by atoms with Crippen molar-refractivity contribution in [2.75, 3.05) is 26.2 Å². The van der Waals surface area contributed by atoms with E-state index in [1.807, 2.05) is 12.1 Å². The van der Waals surface area contributed by atoms with E-state index in [2.05, 4.69) is 26.1 Å². The van der Waals surface area contributed by atoms with Gasteiger partial charge in [-0.3, -0.25) is 9.69 Å². The molecule has 0 radical (unpaired) electrons. The van der Waals surface area contributed by atoms with E-state index in [9.17, 15) is 4.79 Å². The molecular weight excluding hydrogens is 330 g/mol. The molecule has 0 spiro atoms. The molecule has 104 valence electrons. The van der Waals surface area contributed by atoms with Gasteiger partial charge in [0.05, 0.1) is 5.02 Å². The fourth-order valence-electron chi connectivity index (χ4n) is 2.36. The summed E-state index contributed by atoms with van der Waals surface area (Å²) < 4.78 is 0.818. The molecule has 0 aromatic heterocycles. The summed E-state index contributed by atoms with van der Waals surface area (Å²) in [4.78, 5) is 13.9. The maximum absolute atomic E-state index is 11.8. The van der Waals surface area contributed by atoms with Crippen molar-refractivity contribution in [3.63, 3.8) is 0 Å². The highest BCUT2D eigenvalue weighted by molar-refractivity contribution is 9.10. The van der Waals surface area contributed by atoms with Crippen molar-refractivity contribution in [1.82, 2.24) is 10.2 Å². The summed E-state index contributed by atoms with van der Waals surface area (Å²) in [5.74, 6) is -0.333. The lowest BCUT2D eigenvalue weighted by molar-refractivity contribution is -0.123. The molecule has 3 N–H and O–H groups in total. The van der Waals surface area contributed by atoms with Crippen molar-refractivity contribution < 1.29 is 4.79 Å². The molecule has 0 aliphatic carbocycles. The van der Waals surface area contributed by atoms with Gasteiger partial charge in [-0.15, -0.1) is 0 Å². The number of halogens is 2. The van der Waals surface area contributed by atoms with E-state index < -0.39 is 6.04 Å². The van der Waals surface area contributed by atoms with Crippen LogP contribution in [0.1, 0.15) is 18.0 Å². The lowest BCUT2D eigenvalue weighted by Gasteiger charge is -2.28. The Labute approximate surface area is 126 Å². The van der Waals surface area contributed by atoms with E-state index in [0.717, 1.165) is 42.6 Å². The SMILES string of the molecule is NC(=O)C(c1ccc(Br)c(Cl)c1)N1CCCNCC1. The zero-order valence-corrected chi connectivity index (χ0v) is 12.9. The van der Waals surface area contributed by atoms with Crippen molar-refractivity contribution in [1.29, 1.82) is 0 Å². The zero-order valence-electron chi connectivity index (χ0n) is 10.5. The highest BCUT2D eigenvalue weighted by Gasteiger charge is 2.26. The number of hydrogen-bond donors (Lipinski definition) is 2. The highest BCUT2D eigenvalue weighted by atomic mass is 79.9. The van der Waals surface area contributed by atoms with Crippen LogP contribution in [0.2, 0.25) is 5.02 Å². The number of rotatable bonds is 3.